The van der Waals surface area contributed by atoms with Gasteiger partial charge in [0.2, 0.25) is 0 Å². The van der Waals surface area contributed by atoms with Gasteiger partial charge in [-0.1, -0.05) is 62.9 Å². The van der Waals surface area contributed by atoms with Crippen molar-refractivity contribution in [3.8, 4) is 17.2 Å². The zero-order valence-electron chi connectivity index (χ0n) is 14.3. The van der Waals surface area contributed by atoms with Gasteiger partial charge >= 0.3 is 0 Å². The third kappa shape index (κ3) is 4.03. The highest BCUT2D eigenvalue weighted by Gasteiger charge is 2.17. The third-order valence-electron chi connectivity index (χ3n) is 5.35. The molecule has 24 heavy (non-hydrogen) atoms. The molecule has 0 radical (unpaired) electrons. The van der Waals surface area contributed by atoms with Gasteiger partial charge in [0.15, 0.2) is 0 Å². The predicted molar refractivity (Wildman–Crippen MR) is 96.0 cm³/mol. The summed E-state index contributed by atoms with van der Waals surface area (Å²) in [6.07, 6.45) is 7.92. The van der Waals surface area contributed by atoms with E-state index in [1.54, 1.807) is 12.1 Å². The molecule has 0 spiro atoms. The maximum Gasteiger partial charge on any atom is 0.141 e. The fourth-order valence-corrected chi connectivity index (χ4v) is 3.64. The largest absolute Gasteiger partial charge is 0.206 e. The Kier molecular flexibility index (Phi) is 5.30. The lowest BCUT2D eigenvalue weighted by molar-refractivity contribution is 0.278. The molecule has 2 aromatic rings. The molecule has 0 N–H and O–H groups in total. The Hall–Kier alpha value is -2.14. The van der Waals surface area contributed by atoms with Crippen molar-refractivity contribution in [2.45, 2.75) is 45.4 Å². The first-order valence-electron chi connectivity index (χ1n) is 8.94. The second kappa shape index (κ2) is 7.62. The van der Waals surface area contributed by atoms with Crippen LogP contribution in [0.5, 0.6) is 0 Å². The van der Waals surface area contributed by atoms with E-state index in [0.717, 1.165) is 29.4 Å². The van der Waals surface area contributed by atoms with Crippen molar-refractivity contribution in [2.24, 2.45) is 11.8 Å². The average molecular weight is 321 g/mol. The van der Waals surface area contributed by atoms with Gasteiger partial charge in [-0.15, -0.1) is 0 Å². The summed E-state index contributed by atoms with van der Waals surface area (Å²) in [6.45, 7) is 2.36. The third-order valence-corrected chi connectivity index (χ3v) is 5.35. The van der Waals surface area contributed by atoms with Crippen molar-refractivity contribution in [1.29, 1.82) is 5.26 Å². The highest BCUT2D eigenvalue weighted by atomic mass is 19.1. The number of aryl methyl sites for hydroxylation is 1. The Morgan fingerprint density at radius 2 is 1.67 bits per heavy atom. The Morgan fingerprint density at radius 1 is 1.00 bits per heavy atom. The molecule has 1 nitrogen and oxygen atoms in total. The summed E-state index contributed by atoms with van der Waals surface area (Å²) < 4.78 is 13.7. The van der Waals surface area contributed by atoms with Gasteiger partial charge in [-0.2, -0.15) is 5.26 Å². The highest BCUT2D eigenvalue weighted by molar-refractivity contribution is 5.64. The van der Waals surface area contributed by atoms with Crippen LogP contribution in [-0.2, 0) is 6.42 Å². The minimum absolute atomic E-state index is 0.0946. The molecule has 1 aliphatic carbocycles. The van der Waals surface area contributed by atoms with E-state index in [4.69, 9.17) is 5.26 Å². The van der Waals surface area contributed by atoms with Gasteiger partial charge in [0, 0.05) is 0 Å². The maximum absolute atomic E-state index is 13.7. The summed E-state index contributed by atoms with van der Waals surface area (Å²) >= 11 is 0. The van der Waals surface area contributed by atoms with Gasteiger partial charge in [0.25, 0.3) is 0 Å². The standard InChI is InChI=1S/C22H24FN/c1-16-2-4-17(5-3-16)6-7-18-8-10-19(11-9-18)20-12-13-21(15-24)22(23)14-20/h8-14,16-17H,2-7H2,1H3/t16-,17-. The van der Waals surface area contributed by atoms with E-state index in [1.165, 1.54) is 43.7 Å². The Morgan fingerprint density at radius 3 is 2.29 bits per heavy atom. The molecule has 3 rings (SSSR count). The maximum atomic E-state index is 13.7. The van der Waals surface area contributed by atoms with Gasteiger partial charge in [0.05, 0.1) is 5.56 Å². The minimum Gasteiger partial charge on any atom is -0.206 e. The monoisotopic (exact) mass is 321 g/mol. The number of rotatable bonds is 4. The van der Waals surface area contributed by atoms with Gasteiger partial charge < -0.3 is 0 Å². The second-order valence-corrected chi connectivity index (χ2v) is 7.17. The van der Waals surface area contributed by atoms with Crippen molar-refractivity contribution < 1.29 is 4.39 Å². The SMILES string of the molecule is C[C@H]1CC[C@H](CCc2ccc(-c3ccc(C#N)c(F)c3)cc2)CC1. The molecule has 0 amide bonds. The molecular formula is C22H24FN. The highest BCUT2D eigenvalue weighted by Crippen LogP contribution is 2.31. The van der Waals surface area contributed by atoms with Crippen LogP contribution in [0.3, 0.4) is 0 Å². The average Bonchev–Trinajstić information content (AvgIpc) is 2.61. The van der Waals surface area contributed by atoms with Crippen LogP contribution in [0.2, 0.25) is 0 Å². The van der Waals surface area contributed by atoms with Gasteiger partial charge in [0.1, 0.15) is 11.9 Å². The van der Waals surface area contributed by atoms with Crippen molar-refractivity contribution in [3.63, 3.8) is 0 Å². The van der Waals surface area contributed by atoms with Gasteiger partial charge in [-0.05, 0) is 53.5 Å². The quantitative estimate of drug-likeness (QED) is 0.665. The van der Waals surface area contributed by atoms with Crippen LogP contribution in [0.1, 0.15) is 50.2 Å². The molecule has 0 atom stereocenters. The molecule has 1 aliphatic rings. The smallest absolute Gasteiger partial charge is 0.141 e. The summed E-state index contributed by atoms with van der Waals surface area (Å²) in [4.78, 5) is 0. The van der Waals surface area contributed by atoms with Crippen LogP contribution in [0.4, 0.5) is 4.39 Å². The van der Waals surface area contributed by atoms with Crippen LogP contribution >= 0.6 is 0 Å². The molecular weight excluding hydrogens is 297 g/mol. The van der Waals surface area contributed by atoms with Crippen LogP contribution < -0.4 is 0 Å². The normalized spacial score (nSPS) is 20.5. The first kappa shape index (κ1) is 16.7. The van der Waals surface area contributed by atoms with Gasteiger partial charge in [-0.3, -0.25) is 0 Å². The molecule has 124 valence electrons. The van der Waals surface area contributed by atoms with Crippen LogP contribution in [0, 0.1) is 29.0 Å². The van der Waals surface area contributed by atoms with E-state index >= 15 is 0 Å². The molecule has 0 aliphatic heterocycles. The van der Waals surface area contributed by atoms with E-state index in [-0.39, 0.29) is 5.56 Å². The fourth-order valence-electron chi connectivity index (χ4n) is 3.64. The number of halogens is 1. The molecule has 2 aromatic carbocycles. The van der Waals surface area contributed by atoms with E-state index in [2.05, 4.69) is 31.2 Å². The summed E-state index contributed by atoms with van der Waals surface area (Å²) in [7, 11) is 0. The van der Waals surface area contributed by atoms with Crippen molar-refractivity contribution in [3.05, 3.63) is 59.4 Å². The summed E-state index contributed by atoms with van der Waals surface area (Å²) in [5.74, 6) is 1.34. The predicted octanol–water partition coefficient (Wildman–Crippen LogP) is 6.12. The lowest BCUT2D eigenvalue weighted by Gasteiger charge is -2.26. The Bertz CT molecular complexity index is 719. The number of nitrogens with zero attached hydrogens (tertiary/aromatic N) is 1. The molecule has 0 unspecified atom stereocenters. The number of benzene rings is 2. The molecule has 0 heterocycles. The van der Waals surface area contributed by atoms with Crippen molar-refractivity contribution in [2.75, 3.05) is 0 Å². The fraction of sp³-hybridized carbons (Fsp3) is 0.409. The summed E-state index contributed by atoms with van der Waals surface area (Å²) in [5.41, 5.74) is 3.26. The second-order valence-electron chi connectivity index (χ2n) is 7.17. The number of nitriles is 1. The number of hydrogen-bond donors (Lipinski definition) is 0. The molecule has 1 fully saturated rings. The molecule has 0 saturated heterocycles. The number of hydrogen-bond acceptors (Lipinski definition) is 1. The minimum atomic E-state index is -0.453. The molecule has 0 bridgehead atoms. The molecule has 1 saturated carbocycles. The molecule has 2 heteroatoms. The Balaban J connectivity index is 1.61. The van der Waals surface area contributed by atoms with Crippen LogP contribution in [-0.4, -0.2) is 0 Å². The summed E-state index contributed by atoms with van der Waals surface area (Å²) in [6, 6.07) is 15.1. The van der Waals surface area contributed by atoms with Crippen LogP contribution in [0.15, 0.2) is 42.5 Å². The summed E-state index contributed by atoms with van der Waals surface area (Å²) in [5, 5.41) is 8.81. The molecule has 0 aromatic heterocycles. The van der Waals surface area contributed by atoms with Crippen molar-refractivity contribution >= 4 is 0 Å². The topological polar surface area (TPSA) is 23.8 Å². The van der Waals surface area contributed by atoms with E-state index < -0.39 is 5.82 Å². The van der Waals surface area contributed by atoms with E-state index in [1.807, 2.05) is 6.07 Å². The zero-order chi connectivity index (χ0) is 16.9. The zero-order valence-corrected chi connectivity index (χ0v) is 14.3. The van der Waals surface area contributed by atoms with E-state index in [9.17, 15) is 4.39 Å². The lowest BCUT2D eigenvalue weighted by Crippen LogP contribution is -2.12. The Labute approximate surface area is 144 Å². The van der Waals surface area contributed by atoms with Crippen LogP contribution in [0.25, 0.3) is 11.1 Å². The first-order valence-corrected chi connectivity index (χ1v) is 8.94. The first-order chi connectivity index (χ1) is 11.7. The van der Waals surface area contributed by atoms with E-state index in [0.29, 0.717) is 0 Å². The lowest BCUT2D eigenvalue weighted by atomic mass is 9.80. The van der Waals surface area contributed by atoms with Gasteiger partial charge in [-0.25, -0.2) is 4.39 Å². The van der Waals surface area contributed by atoms with Crippen molar-refractivity contribution in [1.82, 2.24) is 0 Å².